The summed E-state index contributed by atoms with van der Waals surface area (Å²) in [7, 11) is 0. The van der Waals surface area contributed by atoms with Crippen molar-refractivity contribution in [1.82, 2.24) is 9.88 Å². The zero-order valence-corrected chi connectivity index (χ0v) is 15.0. The summed E-state index contributed by atoms with van der Waals surface area (Å²) in [6.07, 6.45) is 2.82. The molecule has 0 radical (unpaired) electrons. The summed E-state index contributed by atoms with van der Waals surface area (Å²) in [6.45, 7) is 5.16. The van der Waals surface area contributed by atoms with Gasteiger partial charge in [-0.1, -0.05) is 6.07 Å². The van der Waals surface area contributed by atoms with Gasteiger partial charge >= 0.3 is 0 Å². The van der Waals surface area contributed by atoms with Gasteiger partial charge in [-0.05, 0) is 50.9 Å². The topological polar surface area (TPSA) is 37.3 Å². The molecule has 1 N–H and O–H groups in total. The number of halogens is 2. The first-order chi connectivity index (χ1) is 12.5. The van der Waals surface area contributed by atoms with Crippen LogP contribution in [0, 0.1) is 18.6 Å². The van der Waals surface area contributed by atoms with Crippen molar-refractivity contribution in [2.45, 2.75) is 38.8 Å². The molecule has 140 valence electrons. The Balaban J connectivity index is 1.42. The van der Waals surface area contributed by atoms with Crippen molar-refractivity contribution in [3.8, 4) is 0 Å². The van der Waals surface area contributed by atoms with E-state index in [9.17, 15) is 13.6 Å². The number of aryl methyl sites for hydroxylation is 1. The Morgan fingerprint density at radius 2 is 1.88 bits per heavy atom. The molecule has 0 bridgehead atoms. The average Bonchev–Trinajstić information content (AvgIpc) is 2.63. The number of nitrogens with one attached hydrogen (secondary N) is 1. The van der Waals surface area contributed by atoms with Gasteiger partial charge in [0.2, 0.25) is 0 Å². The summed E-state index contributed by atoms with van der Waals surface area (Å²) in [6, 6.07) is 9.83. The molecule has 0 amide bonds. The molecule has 0 saturated carbocycles. The maximum atomic E-state index is 13.4. The van der Waals surface area contributed by atoms with E-state index in [4.69, 9.17) is 0 Å². The lowest BCUT2D eigenvalue weighted by Crippen LogP contribution is -2.43. The van der Waals surface area contributed by atoms with Gasteiger partial charge in [0.1, 0.15) is 0 Å². The second-order valence-electron chi connectivity index (χ2n) is 6.82. The van der Waals surface area contributed by atoms with E-state index in [1.807, 2.05) is 13.0 Å². The number of anilines is 1. The van der Waals surface area contributed by atoms with Crippen molar-refractivity contribution in [3.63, 3.8) is 0 Å². The maximum Gasteiger partial charge on any atom is 0.250 e. The highest BCUT2D eigenvalue weighted by atomic mass is 19.2. The van der Waals surface area contributed by atoms with Crippen LogP contribution in [-0.2, 0) is 6.54 Å². The molecule has 1 aliphatic rings. The van der Waals surface area contributed by atoms with Gasteiger partial charge in [0.15, 0.2) is 11.6 Å². The van der Waals surface area contributed by atoms with Gasteiger partial charge in [-0.2, -0.15) is 0 Å². The van der Waals surface area contributed by atoms with Crippen LogP contribution in [0.1, 0.15) is 25.0 Å². The van der Waals surface area contributed by atoms with Crippen molar-refractivity contribution in [2.24, 2.45) is 0 Å². The van der Waals surface area contributed by atoms with E-state index in [2.05, 4.69) is 10.2 Å². The third-order valence-electron chi connectivity index (χ3n) is 5.02. The third-order valence-corrected chi connectivity index (χ3v) is 5.02. The minimum absolute atomic E-state index is 0.0461. The summed E-state index contributed by atoms with van der Waals surface area (Å²) in [5, 5.41) is 3.55. The number of rotatable bonds is 6. The SMILES string of the molecule is Cc1cccc(=O)n1CCCNC1CCN(c2ccc(F)c(F)c2)CC1. The van der Waals surface area contributed by atoms with E-state index in [0.29, 0.717) is 12.6 Å². The molecule has 1 aromatic carbocycles. The highest BCUT2D eigenvalue weighted by Gasteiger charge is 2.19. The number of hydrogen-bond donors (Lipinski definition) is 1. The number of hydrogen-bond acceptors (Lipinski definition) is 3. The van der Waals surface area contributed by atoms with Gasteiger partial charge in [-0.3, -0.25) is 4.79 Å². The van der Waals surface area contributed by atoms with E-state index in [0.717, 1.165) is 50.3 Å². The Labute approximate surface area is 152 Å². The predicted octanol–water partition coefficient (Wildman–Crippen LogP) is 3.08. The molecule has 1 fully saturated rings. The fourth-order valence-corrected chi connectivity index (χ4v) is 3.48. The molecular weight excluding hydrogens is 336 g/mol. The Morgan fingerprint density at radius 1 is 1.12 bits per heavy atom. The molecular formula is C20H25F2N3O. The summed E-state index contributed by atoms with van der Waals surface area (Å²) < 4.78 is 28.2. The molecule has 1 aliphatic heterocycles. The third kappa shape index (κ3) is 4.49. The molecule has 2 heterocycles. The van der Waals surface area contributed by atoms with Crippen LogP contribution >= 0.6 is 0 Å². The van der Waals surface area contributed by atoms with Crippen LogP contribution in [-0.4, -0.2) is 30.2 Å². The fraction of sp³-hybridized carbons (Fsp3) is 0.450. The van der Waals surface area contributed by atoms with E-state index in [1.54, 1.807) is 22.8 Å². The largest absolute Gasteiger partial charge is 0.371 e. The predicted molar refractivity (Wildman–Crippen MR) is 99.7 cm³/mol. The molecule has 0 unspecified atom stereocenters. The number of nitrogens with zero attached hydrogens (tertiary/aromatic N) is 2. The highest BCUT2D eigenvalue weighted by molar-refractivity contribution is 5.47. The Bertz CT molecular complexity index is 798. The quantitative estimate of drug-likeness (QED) is 0.804. The summed E-state index contributed by atoms with van der Waals surface area (Å²) in [5.41, 5.74) is 1.77. The van der Waals surface area contributed by atoms with Crippen LogP contribution in [0.4, 0.5) is 14.5 Å². The van der Waals surface area contributed by atoms with Crippen LogP contribution in [0.2, 0.25) is 0 Å². The maximum absolute atomic E-state index is 13.4. The Kier molecular flexibility index (Phi) is 6.04. The van der Waals surface area contributed by atoms with Crippen molar-refractivity contribution < 1.29 is 8.78 Å². The molecule has 1 aromatic heterocycles. The molecule has 2 aromatic rings. The lowest BCUT2D eigenvalue weighted by molar-refractivity contribution is 0.405. The molecule has 3 rings (SSSR count). The van der Waals surface area contributed by atoms with Crippen LogP contribution < -0.4 is 15.8 Å². The first-order valence-corrected chi connectivity index (χ1v) is 9.14. The highest BCUT2D eigenvalue weighted by Crippen LogP contribution is 2.22. The number of piperidine rings is 1. The van der Waals surface area contributed by atoms with Crippen molar-refractivity contribution in [1.29, 1.82) is 0 Å². The lowest BCUT2D eigenvalue weighted by Gasteiger charge is -2.34. The van der Waals surface area contributed by atoms with Crippen LogP contribution in [0.25, 0.3) is 0 Å². The first kappa shape index (κ1) is 18.6. The van der Waals surface area contributed by atoms with Crippen LogP contribution in [0.5, 0.6) is 0 Å². The van der Waals surface area contributed by atoms with E-state index < -0.39 is 11.6 Å². The second kappa shape index (κ2) is 8.45. The molecule has 6 heteroatoms. The summed E-state index contributed by atoms with van der Waals surface area (Å²) in [5.74, 6) is -1.60. The van der Waals surface area contributed by atoms with Gasteiger partial charge in [0.05, 0.1) is 0 Å². The second-order valence-corrected chi connectivity index (χ2v) is 6.82. The number of aromatic nitrogens is 1. The Morgan fingerprint density at radius 3 is 2.58 bits per heavy atom. The van der Waals surface area contributed by atoms with Gasteiger partial charge < -0.3 is 14.8 Å². The lowest BCUT2D eigenvalue weighted by atomic mass is 10.0. The van der Waals surface area contributed by atoms with Crippen molar-refractivity contribution in [2.75, 3.05) is 24.5 Å². The van der Waals surface area contributed by atoms with Gasteiger partial charge in [0, 0.05) is 49.2 Å². The monoisotopic (exact) mass is 361 g/mol. The van der Waals surface area contributed by atoms with Crippen molar-refractivity contribution >= 4 is 5.69 Å². The zero-order valence-electron chi connectivity index (χ0n) is 15.0. The number of benzene rings is 1. The fourth-order valence-electron chi connectivity index (χ4n) is 3.48. The molecule has 0 aliphatic carbocycles. The zero-order chi connectivity index (χ0) is 18.5. The summed E-state index contributed by atoms with van der Waals surface area (Å²) >= 11 is 0. The van der Waals surface area contributed by atoms with Crippen LogP contribution in [0.15, 0.2) is 41.2 Å². The Hall–Kier alpha value is -2.21. The molecule has 26 heavy (non-hydrogen) atoms. The molecule has 1 saturated heterocycles. The molecule has 0 atom stereocenters. The van der Waals surface area contributed by atoms with Crippen molar-refractivity contribution in [3.05, 3.63) is 64.1 Å². The van der Waals surface area contributed by atoms with E-state index in [-0.39, 0.29) is 5.56 Å². The van der Waals surface area contributed by atoms with Gasteiger partial charge in [-0.25, -0.2) is 8.78 Å². The van der Waals surface area contributed by atoms with Crippen LogP contribution in [0.3, 0.4) is 0 Å². The van der Waals surface area contributed by atoms with Gasteiger partial charge in [-0.15, -0.1) is 0 Å². The first-order valence-electron chi connectivity index (χ1n) is 9.14. The van der Waals surface area contributed by atoms with E-state index >= 15 is 0 Å². The summed E-state index contributed by atoms with van der Waals surface area (Å²) in [4.78, 5) is 13.9. The normalized spacial score (nSPS) is 15.4. The minimum Gasteiger partial charge on any atom is -0.371 e. The molecule has 4 nitrogen and oxygen atoms in total. The minimum atomic E-state index is -0.807. The smallest absolute Gasteiger partial charge is 0.250 e. The average molecular weight is 361 g/mol. The van der Waals surface area contributed by atoms with E-state index in [1.165, 1.54) is 12.1 Å². The standard InChI is InChI=1S/C20H25F2N3O/c1-15-4-2-5-20(26)25(15)11-3-10-23-16-8-12-24(13-9-16)17-6-7-18(21)19(22)14-17/h2,4-7,14,16,23H,3,8-13H2,1H3. The number of pyridine rings is 1. The molecule has 0 spiro atoms. The van der Waals surface area contributed by atoms with Gasteiger partial charge in [0.25, 0.3) is 5.56 Å².